The van der Waals surface area contributed by atoms with Gasteiger partial charge in [0.2, 0.25) is 5.91 Å². The number of carbonyl (C=O) groups excluding carboxylic acids is 1. The topological polar surface area (TPSA) is 63.3 Å². The van der Waals surface area contributed by atoms with E-state index in [1.165, 1.54) is 0 Å². The van der Waals surface area contributed by atoms with Crippen LogP contribution >= 0.6 is 0 Å². The molecule has 0 fully saturated rings. The molecule has 1 N–H and O–H groups in total. The van der Waals surface area contributed by atoms with Gasteiger partial charge in [0.15, 0.2) is 0 Å². The van der Waals surface area contributed by atoms with E-state index in [1.807, 2.05) is 36.0 Å². The van der Waals surface area contributed by atoms with Crippen molar-refractivity contribution in [1.82, 2.24) is 20.0 Å². The molecule has 2 aromatic rings. The quantitative estimate of drug-likeness (QED) is 0.767. The van der Waals surface area contributed by atoms with Crippen LogP contribution in [0.1, 0.15) is 11.5 Å². The van der Waals surface area contributed by atoms with Crippen LogP contribution in [0.25, 0.3) is 0 Å². The van der Waals surface area contributed by atoms with Gasteiger partial charge >= 0.3 is 0 Å². The van der Waals surface area contributed by atoms with Crippen LogP contribution in [0.4, 0.5) is 0 Å². The fourth-order valence-electron chi connectivity index (χ4n) is 1.85. The van der Waals surface area contributed by atoms with Gasteiger partial charge in [0.1, 0.15) is 11.5 Å². The van der Waals surface area contributed by atoms with E-state index >= 15 is 0 Å². The summed E-state index contributed by atoms with van der Waals surface area (Å²) < 4.78 is 7.28. The Morgan fingerprint density at radius 2 is 2.35 bits per heavy atom. The summed E-state index contributed by atoms with van der Waals surface area (Å²) in [5, 5.41) is 7.21. The summed E-state index contributed by atoms with van der Waals surface area (Å²) >= 11 is 0. The maximum absolute atomic E-state index is 11.9. The Balaban J connectivity index is 1.66. The molecule has 0 bridgehead atoms. The number of hydrogen-bond acceptors (Lipinski definition) is 4. The number of likely N-dealkylation sites (N-methyl/N-ethyl adjacent to an activating group) is 1. The SMILES string of the molecule is Cc1ccc(CN(C)C(=O)CNCCn2cccn2)o1. The van der Waals surface area contributed by atoms with Gasteiger partial charge < -0.3 is 14.6 Å². The first-order valence-corrected chi connectivity index (χ1v) is 6.62. The molecule has 6 nitrogen and oxygen atoms in total. The minimum absolute atomic E-state index is 0.0412. The molecule has 108 valence electrons. The molecule has 0 radical (unpaired) electrons. The highest BCUT2D eigenvalue weighted by atomic mass is 16.3. The van der Waals surface area contributed by atoms with Crippen LogP contribution in [0.2, 0.25) is 0 Å². The Labute approximate surface area is 118 Å². The first-order valence-electron chi connectivity index (χ1n) is 6.62. The molecule has 0 saturated heterocycles. The average molecular weight is 276 g/mol. The van der Waals surface area contributed by atoms with Crippen molar-refractivity contribution in [1.29, 1.82) is 0 Å². The van der Waals surface area contributed by atoms with E-state index in [0.717, 1.165) is 18.1 Å². The summed E-state index contributed by atoms with van der Waals surface area (Å²) in [6.45, 7) is 4.16. The van der Waals surface area contributed by atoms with E-state index in [2.05, 4.69) is 10.4 Å². The van der Waals surface area contributed by atoms with Gasteiger partial charge in [-0.15, -0.1) is 0 Å². The summed E-state index contributed by atoms with van der Waals surface area (Å²) in [4.78, 5) is 13.6. The third-order valence-corrected chi connectivity index (χ3v) is 2.97. The first-order chi connectivity index (χ1) is 9.65. The number of amides is 1. The number of aromatic nitrogens is 2. The molecular formula is C14H20N4O2. The predicted octanol–water partition coefficient (Wildman–Crippen LogP) is 1.03. The zero-order valence-corrected chi connectivity index (χ0v) is 11.9. The molecule has 0 aliphatic rings. The lowest BCUT2D eigenvalue weighted by molar-refractivity contribution is -0.129. The van der Waals surface area contributed by atoms with Crippen LogP contribution in [0, 0.1) is 6.92 Å². The molecule has 6 heteroatoms. The molecule has 0 unspecified atom stereocenters. The Morgan fingerprint density at radius 1 is 1.50 bits per heavy atom. The van der Waals surface area contributed by atoms with E-state index in [1.54, 1.807) is 18.1 Å². The molecule has 0 spiro atoms. The van der Waals surface area contributed by atoms with Gasteiger partial charge in [0, 0.05) is 26.0 Å². The minimum atomic E-state index is 0.0412. The monoisotopic (exact) mass is 276 g/mol. The van der Waals surface area contributed by atoms with Crippen molar-refractivity contribution in [2.45, 2.75) is 20.0 Å². The molecule has 2 heterocycles. The molecule has 2 rings (SSSR count). The van der Waals surface area contributed by atoms with Crippen LogP contribution in [-0.4, -0.2) is 40.7 Å². The van der Waals surface area contributed by atoms with Crippen LogP contribution in [0.5, 0.6) is 0 Å². The van der Waals surface area contributed by atoms with E-state index in [-0.39, 0.29) is 5.91 Å². The molecule has 0 aliphatic carbocycles. The van der Waals surface area contributed by atoms with Gasteiger partial charge in [0.05, 0.1) is 19.6 Å². The average Bonchev–Trinajstić information content (AvgIpc) is 3.06. The van der Waals surface area contributed by atoms with Crippen LogP contribution in [0.15, 0.2) is 35.0 Å². The Kier molecular flexibility index (Phi) is 4.95. The van der Waals surface area contributed by atoms with E-state index in [4.69, 9.17) is 4.42 Å². The van der Waals surface area contributed by atoms with E-state index < -0.39 is 0 Å². The lowest BCUT2D eigenvalue weighted by Gasteiger charge is -2.16. The Hall–Kier alpha value is -2.08. The van der Waals surface area contributed by atoms with Crippen molar-refractivity contribution < 1.29 is 9.21 Å². The van der Waals surface area contributed by atoms with Gasteiger partial charge in [-0.25, -0.2) is 0 Å². The first kappa shape index (κ1) is 14.3. The van der Waals surface area contributed by atoms with Crippen LogP contribution in [0.3, 0.4) is 0 Å². The Bertz CT molecular complexity index is 533. The second-order valence-electron chi connectivity index (χ2n) is 4.71. The van der Waals surface area contributed by atoms with Gasteiger partial charge in [-0.05, 0) is 25.1 Å². The van der Waals surface area contributed by atoms with Gasteiger partial charge in [-0.2, -0.15) is 5.10 Å². The normalized spacial score (nSPS) is 10.7. The minimum Gasteiger partial charge on any atom is -0.464 e. The molecule has 1 amide bonds. The van der Waals surface area contributed by atoms with Crippen molar-refractivity contribution in [2.75, 3.05) is 20.1 Å². The number of furan rings is 1. The summed E-state index contributed by atoms with van der Waals surface area (Å²) in [5.41, 5.74) is 0. The van der Waals surface area contributed by atoms with Crippen molar-refractivity contribution in [3.63, 3.8) is 0 Å². The van der Waals surface area contributed by atoms with Gasteiger partial charge in [0.25, 0.3) is 0 Å². The zero-order valence-electron chi connectivity index (χ0n) is 11.9. The second-order valence-corrected chi connectivity index (χ2v) is 4.71. The highest BCUT2D eigenvalue weighted by Crippen LogP contribution is 2.08. The number of nitrogens with zero attached hydrogens (tertiary/aromatic N) is 3. The van der Waals surface area contributed by atoms with Crippen molar-refractivity contribution in [3.05, 3.63) is 42.1 Å². The number of nitrogens with one attached hydrogen (secondary N) is 1. The molecular weight excluding hydrogens is 256 g/mol. The maximum Gasteiger partial charge on any atom is 0.236 e. The summed E-state index contributed by atoms with van der Waals surface area (Å²) in [6.07, 6.45) is 3.64. The smallest absolute Gasteiger partial charge is 0.236 e. The lowest BCUT2D eigenvalue weighted by atomic mass is 10.4. The summed E-state index contributed by atoms with van der Waals surface area (Å²) in [5.74, 6) is 1.70. The number of carbonyl (C=O) groups is 1. The molecule has 2 aromatic heterocycles. The number of rotatable bonds is 7. The third kappa shape index (κ3) is 4.24. The zero-order chi connectivity index (χ0) is 14.4. The lowest BCUT2D eigenvalue weighted by Crippen LogP contribution is -2.36. The van der Waals surface area contributed by atoms with Gasteiger partial charge in [-0.3, -0.25) is 9.48 Å². The molecule has 0 aromatic carbocycles. The fourth-order valence-corrected chi connectivity index (χ4v) is 1.85. The summed E-state index contributed by atoms with van der Waals surface area (Å²) in [6, 6.07) is 5.67. The van der Waals surface area contributed by atoms with Crippen molar-refractivity contribution in [3.8, 4) is 0 Å². The highest BCUT2D eigenvalue weighted by Gasteiger charge is 2.10. The highest BCUT2D eigenvalue weighted by molar-refractivity contribution is 5.77. The standard InChI is InChI=1S/C14H20N4O2/c1-12-4-5-13(20-12)11-17(2)14(19)10-15-7-9-18-8-3-6-16-18/h3-6,8,15H,7,9-11H2,1-2H3. The molecule has 0 saturated carbocycles. The van der Waals surface area contributed by atoms with Crippen LogP contribution in [-0.2, 0) is 17.9 Å². The fraction of sp³-hybridized carbons (Fsp3) is 0.429. The second kappa shape index (κ2) is 6.91. The van der Waals surface area contributed by atoms with Crippen molar-refractivity contribution >= 4 is 5.91 Å². The van der Waals surface area contributed by atoms with E-state index in [9.17, 15) is 4.79 Å². The van der Waals surface area contributed by atoms with Crippen molar-refractivity contribution in [2.24, 2.45) is 0 Å². The third-order valence-electron chi connectivity index (χ3n) is 2.97. The predicted molar refractivity (Wildman–Crippen MR) is 75.0 cm³/mol. The van der Waals surface area contributed by atoms with Gasteiger partial charge in [-0.1, -0.05) is 0 Å². The number of hydrogen-bond donors (Lipinski definition) is 1. The number of aryl methyl sites for hydroxylation is 1. The molecule has 0 atom stereocenters. The van der Waals surface area contributed by atoms with Crippen LogP contribution < -0.4 is 5.32 Å². The Morgan fingerprint density at radius 3 is 3.00 bits per heavy atom. The summed E-state index contributed by atoms with van der Waals surface area (Å²) in [7, 11) is 1.77. The largest absolute Gasteiger partial charge is 0.464 e. The maximum atomic E-state index is 11.9. The molecule has 20 heavy (non-hydrogen) atoms. The van der Waals surface area contributed by atoms with E-state index in [0.29, 0.717) is 19.6 Å². The molecule has 0 aliphatic heterocycles.